The number of thioether (sulfide) groups is 1. The maximum absolute atomic E-state index is 13.9. The van der Waals surface area contributed by atoms with Gasteiger partial charge in [0, 0.05) is 23.5 Å². The molecular weight excluding hydrogens is 576 g/mol. The Labute approximate surface area is 244 Å². The Hall–Kier alpha value is -2.91. The number of amides is 1. The molecule has 2 aromatic carbocycles. The lowest BCUT2D eigenvalue weighted by atomic mass is 9.79. The van der Waals surface area contributed by atoms with Crippen molar-refractivity contribution in [2.45, 2.75) is 35.4 Å². The number of halogens is 3. The highest BCUT2D eigenvalue weighted by atomic mass is 35.5. The van der Waals surface area contributed by atoms with Crippen LogP contribution in [-0.4, -0.2) is 28.5 Å². The summed E-state index contributed by atoms with van der Waals surface area (Å²) in [6.45, 7) is 2.64. The highest BCUT2D eigenvalue weighted by Crippen LogP contribution is 2.41. The molecule has 1 aliphatic rings. The minimum atomic E-state index is -1.14. The van der Waals surface area contributed by atoms with Crippen molar-refractivity contribution in [3.05, 3.63) is 105 Å². The molecular formula is C29H24Cl2FN3O2S2. The molecule has 200 valence electrons. The molecule has 0 saturated carbocycles. The van der Waals surface area contributed by atoms with Gasteiger partial charge in [-0.3, -0.25) is 9.59 Å². The Morgan fingerprint density at radius 1 is 1.10 bits per heavy atom. The van der Waals surface area contributed by atoms with E-state index in [2.05, 4.69) is 5.32 Å². The van der Waals surface area contributed by atoms with Crippen LogP contribution in [-0.2, 0) is 15.1 Å². The van der Waals surface area contributed by atoms with Crippen LogP contribution in [0.25, 0.3) is 0 Å². The minimum Gasteiger partial charge on any atom is -0.339 e. The molecule has 4 aromatic rings. The van der Waals surface area contributed by atoms with Crippen molar-refractivity contribution in [2.75, 3.05) is 11.4 Å². The third-order valence-electron chi connectivity index (χ3n) is 6.51. The molecule has 39 heavy (non-hydrogen) atoms. The molecule has 10 heteroatoms. The van der Waals surface area contributed by atoms with Crippen molar-refractivity contribution in [1.29, 1.82) is 0 Å². The number of nitrogens with one attached hydrogen (secondary N) is 1. The third-order valence-corrected chi connectivity index (χ3v) is 9.25. The second kappa shape index (κ2) is 11.7. The first-order valence-electron chi connectivity index (χ1n) is 12.3. The van der Waals surface area contributed by atoms with E-state index in [1.165, 1.54) is 17.4 Å². The predicted octanol–water partition coefficient (Wildman–Crippen LogP) is 7.63. The number of pyridine rings is 1. The van der Waals surface area contributed by atoms with Gasteiger partial charge >= 0.3 is 0 Å². The van der Waals surface area contributed by atoms with Gasteiger partial charge in [-0.05, 0) is 71.3 Å². The summed E-state index contributed by atoms with van der Waals surface area (Å²) in [5.74, 6) is -0.508. The number of aromatic nitrogens is 1. The molecule has 1 saturated heterocycles. The van der Waals surface area contributed by atoms with Crippen LogP contribution in [0, 0.1) is 5.82 Å². The van der Waals surface area contributed by atoms with E-state index in [0.29, 0.717) is 33.7 Å². The molecule has 1 aliphatic heterocycles. The summed E-state index contributed by atoms with van der Waals surface area (Å²) in [6, 6.07) is 19.1. The summed E-state index contributed by atoms with van der Waals surface area (Å²) in [7, 11) is 0. The summed E-state index contributed by atoms with van der Waals surface area (Å²) >= 11 is 15.0. The number of hydrogen-bond donors (Lipinski definition) is 1. The van der Waals surface area contributed by atoms with Gasteiger partial charge in [0.05, 0.1) is 15.7 Å². The normalized spacial score (nSPS) is 19.1. The average Bonchev–Trinajstić information content (AvgIpc) is 3.48. The first-order valence-corrected chi connectivity index (χ1v) is 14.9. The fraction of sp³-hybridized carbons (Fsp3) is 0.207. The van der Waals surface area contributed by atoms with Gasteiger partial charge in [0.2, 0.25) is 5.91 Å². The van der Waals surface area contributed by atoms with Crippen LogP contribution in [0.5, 0.6) is 0 Å². The maximum atomic E-state index is 13.9. The van der Waals surface area contributed by atoms with Crippen LogP contribution in [0.2, 0.25) is 10.0 Å². The van der Waals surface area contributed by atoms with Gasteiger partial charge in [-0.2, -0.15) is 11.3 Å². The summed E-state index contributed by atoms with van der Waals surface area (Å²) in [6.07, 6.45) is 0.830. The highest BCUT2D eigenvalue weighted by Gasteiger charge is 2.48. The molecule has 2 aromatic heterocycles. The van der Waals surface area contributed by atoms with Gasteiger partial charge in [-0.15, -0.1) is 11.8 Å². The molecule has 3 heterocycles. The number of anilines is 2. The molecule has 1 N–H and O–H groups in total. The van der Waals surface area contributed by atoms with E-state index in [1.807, 2.05) is 52.9 Å². The lowest BCUT2D eigenvalue weighted by Gasteiger charge is -2.39. The number of ketones is 1. The molecule has 0 radical (unpaired) electrons. The van der Waals surface area contributed by atoms with Gasteiger partial charge in [0.25, 0.3) is 0 Å². The molecule has 1 amide bonds. The SMILES string of the molecule is CCCN(c1ccc(F)c(Cl)c1)c1cccc(C2(c3ccsc3)CC(=O)C(Sc3ccccc3Cl)C(=O)N2)n1. The van der Waals surface area contributed by atoms with E-state index >= 15 is 0 Å². The van der Waals surface area contributed by atoms with E-state index in [4.69, 9.17) is 28.2 Å². The zero-order chi connectivity index (χ0) is 27.6. The number of nitrogens with zero attached hydrogens (tertiary/aromatic N) is 2. The summed E-state index contributed by atoms with van der Waals surface area (Å²) < 4.78 is 13.9. The number of benzene rings is 2. The van der Waals surface area contributed by atoms with Crippen LogP contribution in [0.1, 0.15) is 31.0 Å². The minimum absolute atomic E-state index is 0.0201. The zero-order valence-corrected chi connectivity index (χ0v) is 24.0. The van der Waals surface area contributed by atoms with Crippen molar-refractivity contribution in [1.82, 2.24) is 10.3 Å². The molecule has 0 aliphatic carbocycles. The lowest BCUT2D eigenvalue weighted by molar-refractivity contribution is -0.133. The number of carbonyl (C=O) groups is 2. The smallest absolute Gasteiger partial charge is 0.242 e. The van der Waals surface area contributed by atoms with E-state index in [0.717, 1.165) is 23.7 Å². The third kappa shape index (κ3) is 5.57. The average molecular weight is 601 g/mol. The molecule has 2 unspecified atom stereocenters. The fourth-order valence-electron chi connectivity index (χ4n) is 4.65. The molecule has 0 spiro atoms. The standard InChI is InChI=1S/C29H24Cl2FN3O2S2/c1-2-13-35(19-10-11-22(32)21(31)15-19)26-9-5-8-25(33-26)29(18-12-14-38-17-18)16-23(36)27(28(37)34-29)39-24-7-4-3-6-20(24)30/h3-12,14-15,17,27H,2,13,16H2,1H3,(H,34,37). The summed E-state index contributed by atoms with van der Waals surface area (Å²) in [4.78, 5) is 34.7. The van der Waals surface area contributed by atoms with E-state index in [9.17, 15) is 14.0 Å². The van der Waals surface area contributed by atoms with Crippen molar-refractivity contribution >= 4 is 69.5 Å². The van der Waals surface area contributed by atoms with Crippen molar-refractivity contribution in [3.8, 4) is 0 Å². The maximum Gasteiger partial charge on any atom is 0.242 e. The van der Waals surface area contributed by atoms with Gasteiger partial charge in [0.15, 0.2) is 5.78 Å². The number of rotatable bonds is 8. The first-order chi connectivity index (χ1) is 18.8. The number of Topliss-reactive ketones (excluding diaryl/α,β-unsaturated/α-hetero) is 1. The van der Waals surface area contributed by atoms with Crippen LogP contribution < -0.4 is 10.2 Å². The van der Waals surface area contributed by atoms with E-state index in [-0.39, 0.29) is 17.2 Å². The Balaban J connectivity index is 1.54. The quantitative estimate of drug-likeness (QED) is 0.211. The second-order valence-electron chi connectivity index (χ2n) is 9.11. The van der Waals surface area contributed by atoms with Gasteiger partial charge in [0.1, 0.15) is 22.4 Å². The topological polar surface area (TPSA) is 62.3 Å². The van der Waals surface area contributed by atoms with Gasteiger partial charge in [-0.25, -0.2) is 9.37 Å². The molecule has 0 bridgehead atoms. The van der Waals surface area contributed by atoms with Gasteiger partial charge < -0.3 is 10.2 Å². The number of thiophene rings is 1. The van der Waals surface area contributed by atoms with Crippen molar-refractivity contribution < 1.29 is 14.0 Å². The first kappa shape index (κ1) is 27.6. The second-order valence-corrected chi connectivity index (χ2v) is 11.9. The largest absolute Gasteiger partial charge is 0.339 e. The van der Waals surface area contributed by atoms with E-state index < -0.39 is 22.5 Å². The number of carbonyl (C=O) groups excluding carboxylic acids is 2. The Kier molecular flexibility index (Phi) is 8.28. The van der Waals surface area contributed by atoms with Gasteiger partial charge in [-0.1, -0.05) is 48.3 Å². The van der Waals surface area contributed by atoms with Crippen LogP contribution in [0.4, 0.5) is 15.9 Å². The molecule has 5 rings (SSSR count). The molecule has 1 fully saturated rings. The van der Waals surface area contributed by atoms with Crippen LogP contribution in [0.3, 0.4) is 0 Å². The van der Waals surface area contributed by atoms with Crippen molar-refractivity contribution in [2.24, 2.45) is 0 Å². The Morgan fingerprint density at radius 2 is 1.92 bits per heavy atom. The number of hydrogen-bond acceptors (Lipinski definition) is 6. The zero-order valence-electron chi connectivity index (χ0n) is 20.9. The lowest BCUT2D eigenvalue weighted by Crippen LogP contribution is -2.58. The van der Waals surface area contributed by atoms with Crippen LogP contribution in [0.15, 0.2) is 82.4 Å². The monoisotopic (exact) mass is 599 g/mol. The van der Waals surface area contributed by atoms with Crippen LogP contribution >= 0.6 is 46.3 Å². The Morgan fingerprint density at radius 3 is 2.62 bits per heavy atom. The highest BCUT2D eigenvalue weighted by molar-refractivity contribution is 8.01. The van der Waals surface area contributed by atoms with Crippen molar-refractivity contribution in [3.63, 3.8) is 0 Å². The Bertz CT molecular complexity index is 1500. The number of piperidine rings is 1. The molecule has 2 atom stereocenters. The molecule has 5 nitrogen and oxygen atoms in total. The fourth-order valence-corrected chi connectivity index (χ4v) is 6.80. The summed E-state index contributed by atoms with van der Waals surface area (Å²) in [5, 5.41) is 6.56. The van der Waals surface area contributed by atoms with E-state index in [1.54, 1.807) is 30.3 Å². The summed E-state index contributed by atoms with van der Waals surface area (Å²) in [5.41, 5.74) is 0.875. The predicted molar refractivity (Wildman–Crippen MR) is 157 cm³/mol.